The monoisotopic (exact) mass is 467 g/mol. The van der Waals surface area contributed by atoms with Gasteiger partial charge in [-0.3, -0.25) is 0 Å². The first-order chi connectivity index (χ1) is 14.9. The molecule has 0 radical (unpaired) electrons. The summed E-state index contributed by atoms with van der Waals surface area (Å²) in [5.74, 6) is -1.18. The zero-order valence-corrected chi connectivity index (χ0v) is 18.2. The summed E-state index contributed by atoms with van der Waals surface area (Å²) in [6, 6.07) is 13.5. The van der Waals surface area contributed by atoms with Crippen molar-refractivity contribution in [1.29, 1.82) is 0 Å². The van der Waals surface area contributed by atoms with Gasteiger partial charge >= 0.3 is 6.09 Å². The first-order valence-corrected chi connectivity index (χ1v) is 11.7. The number of amides is 1. The van der Waals surface area contributed by atoms with Gasteiger partial charge in [0.15, 0.2) is 0 Å². The molecule has 2 rings (SSSR count). The average molecular weight is 468 g/mol. The molecule has 0 saturated heterocycles. The van der Waals surface area contributed by atoms with Crippen molar-refractivity contribution < 1.29 is 29.0 Å². The van der Waals surface area contributed by atoms with Crippen LogP contribution in [0, 0.1) is 15.9 Å². The van der Waals surface area contributed by atoms with Gasteiger partial charge in [-0.05, 0) is 23.1 Å². The van der Waals surface area contributed by atoms with Crippen LogP contribution in [0.25, 0.3) is 11.1 Å². The van der Waals surface area contributed by atoms with Gasteiger partial charge in [-0.25, -0.2) is 9.18 Å². The lowest BCUT2D eigenvalue weighted by molar-refractivity contribution is -0.756. The first-order valence-electron chi connectivity index (χ1n) is 9.17. The van der Waals surface area contributed by atoms with Crippen molar-refractivity contribution in [1.82, 2.24) is 0 Å². The molecular formula is C20H20FN2O6S2-. The predicted octanol–water partition coefficient (Wildman–Crippen LogP) is 4.08. The lowest BCUT2D eigenvalue weighted by atomic mass is 9.97. The van der Waals surface area contributed by atoms with Crippen molar-refractivity contribution in [3.63, 3.8) is 0 Å². The van der Waals surface area contributed by atoms with E-state index >= 15 is 0 Å². The van der Waals surface area contributed by atoms with Crippen LogP contribution in [0.3, 0.4) is 0 Å². The van der Waals surface area contributed by atoms with Gasteiger partial charge in [-0.15, -0.1) is 10.1 Å². The summed E-state index contributed by atoms with van der Waals surface area (Å²) in [7, 11) is 2.67. The van der Waals surface area contributed by atoms with Gasteiger partial charge in [0.1, 0.15) is 19.0 Å². The highest BCUT2D eigenvalue weighted by Crippen LogP contribution is 2.26. The van der Waals surface area contributed by atoms with Crippen LogP contribution in [0.15, 0.2) is 53.5 Å². The van der Waals surface area contributed by atoms with Crippen LogP contribution in [0.4, 0.5) is 9.18 Å². The second-order valence-electron chi connectivity index (χ2n) is 6.09. The molecule has 0 spiro atoms. The van der Waals surface area contributed by atoms with Crippen LogP contribution in [0.2, 0.25) is 0 Å². The lowest BCUT2D eigenvalue weighted by Crippen LogP contribution is -2.26. The summed E-state index contributed by atoms with van der Waals surface area (Å²) in [4.78, 5) is 29.2. The summed E-state index contributed by atoms with van der Waals surface area (Å²) < 4.78 is 19.4. The number of nitrogens with zero attached hydrogens (tertiary/aromatic N) is 2. The summed E-state index contributed by atoms with van der Waals surface area (Å²) in [5, 5.41) is 21.3. The van der Waals surface area contributed by atoms with Crippen LogP contribution < -0.4 is 5.11 Å². The summed E-state index contributed by atoms with van der Waals surface area (Å²) in [6.07, 6.45) is -1.01. The molecule has 2 aromatic rings. The highest BCUT2D eigenvalue weighted by Gasteiger charge is 2.12. The number of halogens is 1. The molecule has 31 heavy (non-hydrogen) atoms. The molecule has 1 amide bonds. The predicted molar refractivity (Wildman–Crippen MR) is 117 cm³/mol. The molecule has 0 heterocycles. The first kappa shape index (κ1) is 24.5. The minimum Gasteiger partial charge on any atom is -0.861 e. The molecule has 0 aliphatic rings. The van der Waals surface area contributed by atoms with E-state index in [4.69, 9.17) is 4.74 Å². The maximum Gasteiger partial charge on any atom is 0.432 e. The van der Waals surface area contributed by atoms with Gasteiger partial charge in [0.05, 0.1) is 0 Å². The van der Waals surface area contributed by atoms with Crippen LogP contribution in [0.1, 0.15) is 18.4 Å². The molecule has 0 N–H and O–H groups in total. The van der Waals surface area contributed by atoms with Crippen LogP contribution in [-0.2, 0) is 9.57 Å². The number of hydrogen-bond donors (Lipinski definition) is 0. The molecule has 1 atom stereocenters. The van der Waals surface area contributed by atoms with E-state index in [9.17, 15) is 24.4 Å². The minimum absolute atomic E-state index is 0.0259. The summed E-state index contributed by atoms with van der Waals surface area (Å²) in [6.45, 7) is 1.53. The fourth-order valence-electron chi connectivity index (χ4n) is 2.44. The van der Waals surface area contributed by atoms with E-state index in [2.05, 4.69) is 9.83 Å². The maximum atomic E-state index is 14.5. The highest BCUT2D eigenvalue weighted by atomic mass is 33.1. The standard InChI is InChI=1S/C20H21FN2O6S2/c1-14(16-7-8-17(18(21)13-16)15-5-3-2-4-6-15)19(24)22-20(25)28-9-11-30-31-12-10-29-23(26)27/h2-8,13-14H,9-12H2,1H3,(H,22,24,25)/p-1. The molecule has 0 aliphatic heterocycles. The lowest BCUT2D eigenvalue weighted by Gasteiger charge is -2.19. The number of ether oxygens (including phenoxy) is 1. The van der Waals surface area contributed by atoms with Gasteiger partial charge < -0.3 is 14.7 Å². The van der Waals surface area contributed by atoms with Crippen molar-refractivity contribution in [3.05, 3.63) is 70.0 Å². The Kier molecular flexibility index (Phi) is 10.1. The molecule has 0 saturated carbocycles. The van der Waals surface area contributed by atoms with Crippen LogP contribution >= 0.6 is 21.6 Å². The number of carbonyl (C=O) groups excluding carboxylic acids is 1. The minimum atomic E-state index is -1.01. The topological polar surface area (TPSA) is 114 Å². The molecule has 0 aliphatic carbocycles. The third-order valence-corrected chi connectivity index (χ3v) is 6.32. The average Bonchev–Trinajstić information content (AvgIpc) is 2.75. The van der Waals surface area contributed by atoms with Crippen LogP contribution in [-0.4, -0.2) is 41.8 Å². The molecule has 1 unspecified atom stereocenters. The smallest absolute Gasteiger partial charge is 0.432 e. The zero-order chi connectivity index (χ0) is 22.6. The Bertz CT molecular complexity index is 914. The van der Waals surface area contributed by atoms with Crippen molar-refractivity contribution in [2.45, 2.75) is 12.8 Å². The SMILES string of the molecule is CC(/C([O-])=N/C(=O)OCCSSCCO[N+](=O)[O-])c1ccc(-c2ccccc2)c(F)c1. The number of carbonyl (C=O) groups is 1. The Morgan fingerprint density at radius 1 is 1.16 bits per heavy atom. The van der Waals surface area contributed by atoms with E-state index in [1.54, 1.807) is 36.4 Å². The van der Waals surface area contributed by atoms with Crippen molar-refractivity contribution in [2.24, 2.45) is 4.99 Å². The quantitative estimate of drug-likeness (QED) is 0.121. The zero-order valence-electron chi connectivity index (χ0n) is 16.6. The maximum absolute atomic E-state index is 14.5. The third-order valence-electron chi connectivity index (χ3n) is 3.99. The third kappa shape index (κ3) is 8.46. The number of hydrogen-bond acceptors (Lipinski definition) is 8. The Balaban J connectivity index is 1.81. The molecule has 0 fully saturated rings. The van der Waals surface area contributed by atoms with Gasteiger partial charge in [-0.1, -0.05) is 71.0 Å². The molecule has 0 bridgehead atoms. The summed E-state index contributed by atoms with van der Waals surface area (Å²) in [5.41, 5.74) is 1.54. The van der Waals surface area contributed by atoms with Crippen molar-refractivity contribution >= 4 is 33.6 Å². The van der Waals surface area contributed by atoms with Gasteiger partial charge in [0, 0.05) is 23.0 Å². The highest BCUT2D eigenvalue weighted by molar-refractivity contribution is 8.76. The second kappa shape index (κ2) is 12.8. The van der Waals surface area contributed by atoms with E-state index in [-0.39, 0.29) is 13.2 Å². The molecule has 166 valence electrons. The molecule has 8 nitrogen and oxygen atoms in total. The van der Waals surface area contributed by atoms with E-state index in [0.717, 1.165) is 5.56 Å². The Labute approximate surface area is 186 Å². The second-order valence-corrected chi connectivity index (χ2v) is 8.79. The number of benzene rings is 2. The Morgan fingerprint density at radius 3 is 2.48 bits per heavy atom. The van der Waals surface area contributed by atoms with Gasteiger partial charge in [0.25, 0.3) is 5.09 Å². The molecule has 2 aromatic carbocycles. The number of rotatable bonds is 11. The van der Waals surface area contributed by atoms with Crippen molar-refractivity contribution in [3.8, 4) is 11.1 Å². The van der Waals surface area contributed by atoms with E-state index < -0.39 is 28.8 Å². The van der Waals surface area contributed by atoms with Gasteiger partial charge in [-0.2, -0.15) is 4.99 Å². The van der Waals surface area contributed by atoms with Crippen LogP contribution in [0.5, 0.6) is 0 Å². The Hall–Kier alpha value is -2.79. The van der Waals surface area contributed by atoms with E-state index in [0.29, 0.717) is 22.6 Å². The number of aliphatic imine (C=N–C) groups is 1. The normalized spacial score (nSPS) is 12.3. The fraction of sp³-hybridized carbons (Fsp3) is 0.300. The Morgan fingerprint density at radius 2 is 1.84 bits per heavy atom. The van der Waals surface area contributed by atoms with Crippen molar-refractivity contribution in [2.75, 3.05) is 24.7 Å². The van der Waals surface area contributed by atoms with E-state index in [1.165, 1.54) is 34.6 Å². The largest absolute Gasteiger partial charge is 0.861 e. The fourth-order valence-corrected chi connectivity index (χ4v) is 4.09. The molecular weight excluding hydrogens is 447 g/mol. The summed E-state index contributed by atoms with van der Waals surface area (Å²) >= 11 is 0. The van der Waals surface area contributed by atoms with Gasteiger partial charge in [0.2, 0.25) is 0 Å². The molecule has 11 heteroatoms. The molecule has 0 aromatic heterocycles. The van der Waals surface area contributed by atoms with E-state index in [1.807, 2.05) is 6.07 Å².